The monoisotopic (exact) mass is 474 g/mol. The Labute approximate surface area is 189 Å². The summed E-state index contributed by atoms with van der Waals surface area (Å²) >= 11 is 0. The molecule has 0 aliphatic carbocycles. The van der Waals surface area contributed by atoms with Crippen molar-refractivity contribution in [3.05, 3.63) is 93.8 Å². The zero-order chi connectivity index (χ0) is 24.8. The van der Waals surface area contributed by atoms with Gasteiger partial charge >= 0.3 is 6.18 Å². The number of amides is 1. The lowest BCUT2D eigenvalue weighted by Gasteiger charge is -2.32. The smallest absolute Gasteiger partial charge is 0.372 e. The van der Waals surface area contributed by atoms with Crippen LogP contribution >= 0.6 is 0 Å². The van der Waals surface area contributed by atoms with Gasteiger partial charge in [-0.3, -0.25) is 9.59 Å². The fourth-order valence-electron chi connectivity index (χ4n) is 3.81. The Morgan fingerprint density at radius 2 is 1.76 bits per heavy atom. The summed E-state index contributed by atoms with van der Waals surface area (Å²) in [4.78, 5) is 23.6. The summed E-state index contributed by atoms with van der Waals surface area (Å²) in [5, 5.41) is 15.5. The molecule has 176 valence electrons. The normalized spacial score (nSPS) is 13.7. The highest BCUT2D eigenvalue weighted by Gasteiger charge is 2.56. The molecule has 11 heteroatoms. The van der Waals surface area contributed by atoms with Crippen LogP contribution in [0.5, 0.6) is 0 Å². The van der Waals surface area contributed by atoms with Gasteiger partial charge in [-0.25, -0.2) is 9.07 Å². The number of pyridine rings is 1. The number of carbonyl (C=O) groups is 1. The van der Waals surface area contributed by atoms with Crippen LogP contribution in [0.15, 0.2) is 65.7 Å². The second kappa shape index (κ2) is 8.10. The topological polar surface area (TPSA) is 103 Å². The zero-order valence-electron chi connectivity index (χ0n) is 17.7. The molecule has 2 aromatic carbocycles. The van der Waals surface area contributed by atoms with Crippen LogP contribution in [0.1, 0.15) is 16.7 Å². The molecule has 0 saturated heterocycles. The fraction of sp³-hybridized carbons (Fsp3) is 0.174. The number of hydrogen-bond donors (Lipinski definition) is 2. The van der Waals surface area contributed by atoms with Gasteiger partial charge in [-0.05, 0) is 55.0 Å². The van der Waals surface area contributed by atoms with E-state index in [9.17, 15) is 32.3 Å². The molecule has 3 N–H and O–H groups in total. The third-order valence-electron chi connectivity index (χ3n) is 5.48. The van der Waals surface area contributed by atoms with Crippen molar-refractivity contribution in [2.75, 3.05) is 0 Å². The van der Waals surface area contributed by atoms with Gasteiger partial charge in [-0.1, -0.05) is 6.07 Å². The molecule has 0 fully saturated rings. The number of primary amides is 1. The minimum absolute atomic E-state index is 0.105. The number of aryl methyl sites for hydroxylation is 1. The molecule has 1 amide bonds. The van der Waals surface area contributed by atoms with Crippen LogP contribution in [0.4, 0.5) is 17.6 Å². The van der Waals surface area contributed by atoms with E-state index in [-0.39, 0.29) is 10.9 Å². The summed E-state index contributed by atoms with van der Waals surface area (Å²) < 4.78 is 58.4. The number of carbonyl (C=O) groups excluding carboxylic acids is 1. The van der Waals surface area contributed by atoms with Crippen molar-refractivity contribution in [3.8, 4) is 5.69 Å². The average Bonchev–Trinajstić information content (AvgIpc) is 3.19. The molecule has 0 aliphatic rings. The second-order valence-electron chi connectivity index (χ2n) is 7.83. The van der Waals surface area contributed by atoms with Crippen molar-refractivity contribution >= 4 is 16.8 Å². The Hall–Kier alpha value is -3.99. The molecule has 1 atom stereocenters. The van der Waals surface area contributed by atoms with Crippen molar-refractivity contribution in [2.45, 2.75) is 25.2 Å². The first-order valence-corrected chi connectivity index (χ1v) is 9.95. The quantitative estimate of drug-likeness (QED) is 0.434. The number of hydrogen-bond acceptors (Lipinski definition) is 4. The fourth-order valence-corrected chi connectivity index (χ4v) is 3.81. The van der Waals surface area contributed by atoms with E-state index in [2.05, 4.69) is 5.10 Å². The molecule has 0 spiro atoms. The summed E-state index contributed by atoms with van der Waals surface area (Å²) in [5.41, 5.74) is 0.541. The van der Waals surface area contributed by atoms with Gasteiger partial charge in [-0.15, -0.1) is 0 Å². The molecule has 0 radical (unpaired) electrons. The Morgan fingerprint density at radius 3 is 2.38 bits per heavy atom. The van der Waals surface area contributed by atoms with E-state index in [4.69, 9.17) is 5.73 Å². The van der Waals surface area contributed by atoms with Crippen LogP contribution in [0.2, 0.25) is 0 Å². The lowest BCUT2D eigenvalue weighted by atomic mass is 9.85. The standard InChI is InChI=1S/C23H18F4N4O3/c1-13-8-16(11-30(21(13)33)12-20(28)32)22(34,23(25,26)27)15-2-7-19-14(9-15)10-29-31(19)18-5-3-17(24)4-6-18/h2-11,34H,12H2,1H3,(H2,28,32). The van der Waals surface area contributed by atoms with E-state index in [0.29, 0.717) is 11.2 Å². The summed E-state index contributed by atoms with van der Waals surface area (Å²) in [6.45, 7) is 0.626. The molecule has 4 aromatic rings. The first-order chi connectivity index (χ1) is 15.9. The first kappa shape index (κ1) is 23.2. The Morgan fingerprint density at radius 1 is 1.09 bits per heavy atom. The van der Waals surface area contributed by atoms with Crippen molar-refractivity contribution in [1.29, 1.82) is 0 Å². The molecular weight excluding hydrogens is 456 g/mol. The number of aromatic nitrogens is 3. The van der Waals surface area contributed by atoms with Gasteiger partial charge < -0.3 is 15.4 Å². The number of nitrogens with two attached hydrogens (primary N) is 1. The van der Waals surface area contributed by atoms with Crippen molar-refractivity contribution in [3.63, 3.8) is 0 Å². The van der Waals surface area contributed by atoms with E-state index in [0.717, 1.165) is 29.0 Å². The van der Waals surface area contributed by atoms with E-state index in [1.54, 1.807) is 0 Å². The molecule has 2 heterocycles. The van der Waals surface area contributed by atoms with Gasteiger partial charge in [0, 0.05) is 22.7 Å². The summed E-state index contributed by atoms with van der Waals surface area (Å²) in [7, 11) is 0. The average molecular weight is 474 g/mol. The lowest BCUT2D eigenvalue weighted by Crippen LogP contribution is -2.44. The SMILES string of the molecule is Cc1cc(C(O)(c2ccc3c(cnn3-c3ccc(F)cc3)c2)C(F)(F)F)cn(CC(N)=O)c1=O. The van der Waals surface area contributed by atoms with Crippen molar-refractivity contribution in [2.24, 2.45) is 5.73 Å². The minimum atomic E-state index is -5.19. The predicted molar refractivity (Wildman–Crippen MR) is 115 cm³/mol. The van der Waals surface area contributed by atoms with Gasteiger partial charge in [0.05, 0.1) is 17.4 Å². The van der Waals surface area contributed by atoms with Crippen LogP contribution in [0.3, 0.4) is 0 Å². The molecule has 34 heavy (non-hydrogen) atoms. The van der Waals surface area contributed by atoms with Crippen LogP contribution in [-0.4, -0.2) is 31.5 Å². The van der Waals surface area contributed by atoms with Crippen molar-refractivity contribution < 1.29 is 27.5 Å². The lowest BCUT2D eigenvalue weighted by molar-refractivity contribution is -0.248. The second-order valence-corrected chi connectivity index (χ2v) is 7.83. The number of aliphatic hydroxyl groups is 1. The maximum atomic E-state index is 14.3. The molecule has 2 aromatic heterocycles. The van der Waals surface area contributed by atoms with Gasteiger partial charge in [0.15, 0.2) is 0 Å². The first-order valence-electron chi connectivity index (χ1n) is 9.95. The molecule has 7 nitrogen and oxygen atoms in total. The molecule has 0 bridgehead atoms. The maximum Gasteiger partial charge on any atom is 0.425 e. The molecule has 4 rings (SSSR count). The Balaban J connectivity index is 1.89. The highest BCUT2D eigenvalue weighted by Crippen LogP contribution is 2.44. The van der Waals surface area contributed by atoms with Gasteiger partial charge in [-0.2, -0.15) is 18.3 Å². The minimum Gasteiger partial charge on any atom is -0.372 e. The third-order valence-corrected chi connectivity index (χ3v) is 5.48. The number of rotatable bonds is 5. The molecule has 1 unspecified atom stereocenters. The highest BCUT2D eigenvalue weighted by atomic mass is 19.4. The highest BCUT2D eigenvalue weighted by molar-refractivity contribution is 5.81. The van der Waals surface area contributed by atoms with E-state index in [1.165, 1.54) is 48.1 Å². The predicted octanol–water partition coefficient (Wildman–Crippen LogP) is 2.92. The molecule has 0 aliphatic heterocycles. The van der Waals surface area contributed by atoms with Crippen LogP contribution in [0, 0.1) is 12.7 Å². The van der Waals surface area contributed by atoms with Gasteiger partial charge in [0.25, 0.3) is 5.56 Å². The van der Waals surface area contributed by atoms with Crippen molar-refractivity contribution in [1.82, 2.24) is 14.3 Å². The number of alkyl halides is 3. The number of halogens is 4. The van der Waals surface area contributed by atoms with Gasteiger partial charge in [0.2, 0.25) is 11.5 Å². The molecular formula is C23H18F4N4O3. The van der Waals surface area contributed by atoms with E-state index >= 15 is 0 Å². The van der Waals surface area contributed by atoms with Crippen LogP contribution < -0.4 is 11.3 Å². The number of nitrogens with zero attached hydrogens (tertiary/aromatic N) is 3. The maximum absolute atomic E-state index is 14.3. The van der Waals surface area contributed by atoms with Gasteiger partial charge in [0.1, 0.15) is 12.4 Å². The molecule has 0 saturated carbocycles. The van der Waals surface area contributed by atoms with Crippen LogP contribution in [-0.2, 0) is 16.9 Å². The third kappa shape index (κ3) is 3.83. The van der Waals surface area contributed by atoms with E-state index in [1.807, 2.05) is 0 Å². The summed E-state index contributed by atoms with van der Waals surface area (Å²) in [6.07, 6.45) is -3.09. The summed E-state index contributed by atoms with van der Waals surface area (Å²) in [6, 6.07) is 9.89. The summed E-state index contributed by atoms with van der Waals surface area (Å²) in [5.74, 6) is -1.38. The Bertz CT molecular complexity index is 1460. The largest absolute Gasteiger partial charge is 0.425 e. The van der Waals surface area contributed by atoms with E-state index < -0.39 is 46.7 Å². The zero-order valence-corrected chi connectivity index (χ0v) is 17.7. The van der Waals surface area contributed by atoms with Crippen LogP contribution in [0.25, 0.3) is 16.6 Å². The number of fused-ring (bicyclic) bond motifs is 1. The Kier molecular flexibility index (Phi) is 5.52. The number of benzene rings is 2.